The van der Waals surface area contributed by atoms with Crippen molar-refractivity contribution >= 4 is 38.2 Å². The van der Waals surface area contributed by atoms with Crippen LogP contribution in [0, 0.1) is 0 Å². The number of halogens is 1. The lowest BCUT2D eigenvalue weighted by Crippen LogP contribution is -1.97. The first-order chi connectivity index (χ1) is 8.25. The van der Waals surface area contributed by atoms with Gasteiger partial charge in [-0.05, 0) is 22.0 Å². The molecule has 0 spiro atoms. The van der Waals surface area contributed by atoms with Crippen LogP contribution in [0.3, 0.4) is 0 Å². The molecular weight excluding hydrogens is 302 g/mol. The van der Waals surface area contributed by atoms with Crippen molar-refractivity contribution in [2.75, 3.05) is 0 Å². The molecule has 1 atom stereocenters. The second kappa shape index (κ2) is 4.25. The lowest BCUT2D eigenvalue weighted by molar-refractivity contribution is 0.220. The largest absolute Gasteiger partial charge is 0.464 e. The van der Waals surface area contributed by atoms with Crippen LogP contribution in [0.5, 0.6) is 0 Å². The zero-order valence-electron chi connectivity index (χ0n) is 8.63. The molecule has 0 aliphatic heterocycles. The van der Waals surface area contributed by atoms with Gasteiger partial charge < -0.3 is 9.52 Å². The molecule has 86 valence electrons. The van der Waals surface area contributed by atoms with Gasteiger partial charge in [0, 0.05) is 16.3 Å². The summed E-state index contributed by atoms with van der Waals surface area (Å²) in [5.74, 6) is 0. The smallest absolute Gasteiger partial charge is 0.134 e. The maximum Gasteiger partial charge on any atom is 0.134 e. The second-order valence-electron chi connectivity index (χ2n) is 3.60. The monoisotopic (exact) mass is 309 g/mol. The Kier molecular flexibility index (Phi) is 2.74. The number of aliphatic hydroxyl groups is 1. The van der Waals surface area contributed by atoms with Gasteiger partial charge in [0.25, 0.3) is 0 Å². The molecule has 17 heavy (non-hydrogen) atoms. The van der Waals surface area contributed by atoms with E-state index >= 15 is 0 Å². The Morgan fingerprint density at radius 3 is 2.94 bits per heavy atom. The van der Waals surface area contributed by atoms with Gasteiger partial charge in [-0.25, -0.2) is 4.98 Å². The van der Waals surface area contributed by atoms with Crippen molar-refractivity contribution in [1.82, 2.24) is 4.98 Å². The maximum absolute atomic E-state index is 10.3. The first kappa shape index (κ1) is 11.0. The van der Waals surface area contributed by atoms with Crippen LogP contribution in [0.4, 0.5) is 0 Å². The zero-order chi connectivity index (χ0) is 11.8. The summed E-state index contributed by atoms with van der Waals surface area (Å²) in [5.41, 5.74) is 1.53. The highest BCUT2D eigenvalue weighted by Gasteiger charge is 2.19. The van der Waals surface area contributed by atoms with E-state index in [1.54, 1.807) is 6.26 Å². The van der Waals surface area contributed by atoms with Crippen molar-refractivity contribution in [3.8, 4) is 0 Å². The fraction of sp³-hybridized carbons (Fsp3) is 0.0833. The topological polar surface area (TPSA) is 46.3 Å². The minimum absolute atomic E-state index is 0.656. The van der Waals surface area contributed by atoms with Crippen LogP contribution < -0.4 is 0 Å². The highest BCUT2D eigenvalue weighted by Crippen LogP contribution is 2.32. The molecule has 0 saturated heterocycles. The maximum atomic E-state index is 10.3. The Morgan fingerprint density at radius 1 is 1.35 bits per heavy atom. The summed E-state index contributed by atoms with van der Waals surface area (Å²) in [4.78, 5) is 4.22. The van der Waals surface area contributed by atoms with Crippen molar-refractivity contribution < 1.29 is 9.52 Å². The number of furan rings is 1. The van der Waals surface area contributed by atoms with Crippen molar-refractivity contribution in [2.45, 2.75) is 6.10 Å². The standard InChI is InChI=1S/C12H8BrNO2S/c13-10-6-17-12(14-10)11(15)8-5-16-9-4-2-1-3-7(8)9/h1-6,11,15H. The van der Waals surface area contributed by atoms with Crippen LogP contribution in [-0.4, -0.2) is 10.1 Å². The first-order valence-corrected chi connectivity index (χ1v) is 6.68. The van der Waals surface area contributed by atoms with E-state index < -0.39 is 6.10 Å². The van der Waals surface area contributed by atoms with Gasteiger partial charge in [-0.3, -0.25) is 0 Å². The van der Waals surface area contributed by atoms with Crippen LogP contribution in [0.25, 0.3) is 11.0 Å². The molecule has 0 aliphatic carbocycles. The summed E-state index contributed by atoms with van der Waals surface area (Å²) in [5, 5.41) is 13.7. The average molecular weight is 310 g/mol. The molecule has 1 N–H and O–H groups in total. The average Bonchev–Trinajstić information content (AvgIpc) is 2.94. The molecule has 1 unspecified atom stereocenters. The summed E-state index contributed by atoms with van der Waals surface area (Å²) >= 11 is 4.69. The summed E-state index contributed by atoms with van der Waals surface area (Å²) in [6, 6.07) is 7.64. The molecule has 3 rings (SSSR count). The number of nitrogens with zero attached hydrogens (tertiary/aromatic N) is 1. The van der Waals surface area contributed by atoms with Crippen LogP contribution in [0.1, 0.15) is 16.7 Å². The molecule has 0 aliphatic rings. The third kappa shape index (κ3) is 1.90. The minimum Gasteiger partial charge on any atom is -0.464 e. The molecule has 1 aromatic carbocycles. The molecule has 0 bridgehead atoms. The van der Waals surface area contributed by atoms with Crippen LogP contribution in [-0.2, 0) is 0 Å². The van der Waals surface area contributed by atoms with Gasteiger partial charge in [0.05, 0.1) is 6.26 Å². The van der Waals surface area contributed by atoms with E-state index in [2.05, 4.69) is 20.9 Å². The summed E-state index contributed by atoms with van der Waals surface area (Å²) in [7, 11) is 0. The minimum atomic E-state index is -0.741. The second-order valence-corrected chi connectivity index (χ2v) is 5.30. The van der Waals surface area contributed by atoms with E-state index in [-0.39, 0.29) is 0 Å². The number of aromatic nitrogens is 1. The highest BCUT2D eigenvalue weighted by atomic mass is 79.9. The fourth-order valence-electron chi connectivity index (χ4n) is 1.74. The lowest BCUT2D eigenvalue weighted by Gasteiger charge is -2.04. The Labute approximate surface area is 110 Å². The third-order valence-corrected chi connectivity index (χ3v) is 4.14. The fourth-order valence-corrected chi connectivity index (χ4v) is 3.00. The Balaban J connectivity index is 2.09. The van der Waals surface area contributed by atoms with Gasteiger partial charge in [-0.2, -0.15) is 0 Å². The highest BCUT2D eigenvalue weighted by molar-refractivity contribution is 9.10. The van der Waals surface area contributed by atoms with E-state index in [0.29, 0.717) is 5.01 Å². The van der Waals surface area contributed by atoms with Crippen molar-refractivity contribution in [2.24, 2.45) is 0 Å². The molecule has 0 radical (unpaired) electrons. The van der Waals surface area contributed by atoms with Gasteiger partial charge in [0.1, 0.15) is 21.3 Å². The number of hydrogen-bond donors (Lipinski definition) is 1. The van der Waals surface area contributed by atoms with E-state index in [1.165, 1.54) is 11.3 Å². The van der Waals surface area contributed by atoms with Crippen LogP contribution >= 0.6 is 27.3 Å². The number of para-hydroxylation sites is 1. The number of thiazole rings is 1. The molecule has 3 nitrogen and oxygen atoms in total. The van der Waals surface area contributed by atoms with E-state index in [1.807, 2.05) is 29.6 Å². The van der Waals surface area contributed by atoms with Gasteiger partial charge >= 0.3 is 0 Å². The lowest BCUT2D eigenvalue weighted by atomic mass is 10.1. The molecule has 2 aromatic heterocycles. The SMILES string of the molecule is OC(c1nc(Br)cs1)c1coc2ccccc12. The van der Waals surface area contributed by atoms with Gasteiger partial charge in [-0.1, -0.05) is 18.2 Å². The molecule has 3 aromatic rings. The van der Waals surface area contributed by atoms with E-state index in [9.17, 15) is 5.11 Å². The number of aliphatic hydroxyl groups excluding tert-OH is 1. The summed E-state index contributed by atoms with van der Waals surface area (Å²) in [6.45, 7) is 0. The molecule has 2 heterocycles. The third-order valence-electron chi connectivity index (χ3n) is 2.53. The molecule has 5 heteroatoms. The van der Waals surface area contributed by atoms with Crippen molar-refractivity contribution in [1.29, 1.82) is 0 Å². The molecule has 0 saturated carbocycles. The molecule has 0 fully saturated rings. The van der Waals surface area contributed by atoms with Crippen molar-refractivity contribution in [3.63, 3.8) is 0 Å². The summed E-state index contributed by atoms with van der Waals surface area (Å²) < 4.78 is 6.14. The summed E-state index contributed by atoms with van der Waals surface area (Å²) in [6.07, 6.45) is 0.847. The molecular formula is C12H8BrNO2S. The molecule has 0 amide bonds. The number of benzene rings is 1. The van der Waals surface area contributed by atoms with Gasteiger partial charge in [0.15, 0.2) is 0 Å². The quantitative estimate of drug-likeness (QED) is 0.784. The van der Waals surface area contributed by atoms with Gasteiger partial charge in [0.2, 0.25) is 0 Å². The predicted octanol–water partition coefficient (Wildman–Crippen LogP) is 3.73. The van der Waals surface area contributed by atoms with E-state index in [4.69, 9.17) is 4.42 Å². The Bertz CT molecular complexity index is 661. The van der Waals surface area contributed by atoms with Gasteiger partial charge in [-0.15, -0.1) is 11.3 Å². The van der Waals surface area contributed by atoms with Crippen LogP contribution in [0.15, 0.2) is 44.9 Å². The first-order valence-electron chi connectivity index (χ1n) is 5.01. The van der Waals surface area contributed by atoms with Crippen molar-refractivity contribution in [3.05, 3.63) is 51.1 Å². The Hall–Kier alpha value is -1.17. The predicted molar refractivity (Wildman–Crippen MR) is 70.1 cm³/mol. The Morgan fingerprint density at radius 2 is 2.18 bits per heavy atom. The number of rotatable bonds is 2. The number of fused-ring (bicyclic) bond motifs is 1. The number of hydrogen-bond acceptors (Lipinski definition) is 4. The van der Waals surface area contributed by atoms with E-state index in [0.717, 1.165) is 21.1 Å². The van der Waals surface area contributed by atoms with Crippen LogP contribution in [0.2, 0.25) is 0 Å². The zero-order valence-corrected chi connectivity index (χ0v) is 11.0. The normalized spacial score (nSPS) is 13.1.